The minimum atomic E-state index is -0.494. The number of pyridine rings is 2. The van der Waals surface area contributed by atoms with Crippen LogP contribution in [0.5, 0.6) is 11.6 Å². The van der Waals surface area contributed by atoms with Gasteiger partial charge in [0.2, 0.25) is 5.88 Å². The minimum Gasteiger partial charge on any atom is -0.497 e. The van der Waals surface area contributed by atoms with Crippen LogP contribution in [-0.4, -0.2) is 22.9 Å². The number of carbonyl (C=O) groups is 1. The first-order valence-electron chi connectivity index (χ1n) is 10.2. The fourth-order valence-electron chi connectivity index (χ4n) is 4.74. The van der Waals surface area contributed by atoms with Crippen LogP contribution in [0.25, 0.3) is 10.9 Å². The Morgan fingerprint density at radius 1 is 1.26 bits per heavy atom. The van der Waals surface area contributed by atoms with Gasteiger partial charge in [0.05, 0.1) is 24.1 Å². The number of aromatic nitrogens is 2. The summed E-state index contributed by atoms with van der Waals surface area (Å²) in [6.07, 6.45) is 2.76. The predicted octanol–water partition coefficient (Wildman–Crippen LogP) is 4.75. The zero-order valence-electron chi connectivity index (χ0n) is 17.6. The number of allylic oxidation sites excluding steroid dienone is 2. The summed E-state index contributed by atoms with van der Waals surface area (Å²) in [4.78, 5) is 22.1. The van der Waals surface area contributed by atoms with Gasteiger partial charge in [-0.25, -0.2) is 9.97 Å². The molecule has 0 saturated carbocycles. The quantitative estimate of drug-likeness (QED) is 0.597. The summed E-state index contributed by atoms with van der Waals surface area (Å²) in [5, 5.41) is 1.20. The van der Waals surface area contributed by atoms with Crippen molar-refractivity contribution in [1.29, 1.82) is 0 Å². The van der Waals surface area contributed by atoms with E-state index >= 15 is 0 Å². The topological polar surface area (TPSA) is 87.3 Å². The van der Waals surface area contributed by atoms with Crippen LogP contribution in [0, 0.1) is 0 Å². The second kappa shape index (κ2) is 7.24. The van der Waals surface area contributed by atoms with Crippen molar-refractivity contribution in [3.63, 3.8) is 0 Å². The monoisotopic (exact) mass is 435 g/mol. The number of ether oxygens (including phenoxy) is 2. The average molecular weight is 436 g/mol. The molecule has 1 aliphatic heterocycles. The van der Waals surface area contributed by atoms with Crippen LogP contribution in [0.2, 0.25) is 5.15 Å². The molecule has 7 heteroatoms. The van der Waals surface area contributed by atoms with E-state index in [1.54, 1.807) is 14.0 Å². The molecule has 158 valence electrons. The van der Waals surface area contributed by atoms with Gasteiger partial charge in [-0.15, -0.1) is 0 Å². The smallest absolute Gasteiger partial charge is 0.225 e. The number of nitrogen functional groups attached to an aromatic ring is 1. The molecule has 5 rings (SSSR count). The minimum absolute atomic E-state index is 0.0982. The third-order valence-corrected chi connectivity index (χ3v) is 6.48. The van der Waals surface area contributed by atoms with Gasteiger partial charge in [0.25, 0.3) is 0 Å². The van der Waals surface area contributed by atoms with Gasteiger partial charge >= 0.3 is 0 Å². The molecule has 0 fully saturated rings. The van der Waals surface area contributed by atoms with Crippen molar-refractivity contribution >= 4 is 34.0 Å². The van der Waals surface area contributed by atoms with Crippen molar-refractivity contribution in [3.05, 3.63) is 63.1 Å². The van der Waals surface area contributed by atoms with E-state index < -0.39 is 5.92 Å². The number of ketones is 1. The molecule has 0 amide bonds. The van der Waals surface area contributed by atoms with E-state index in [4.69, 9.17) is 31.8 Å². The largest absolute Gasteiger partial charge is 0.497 e. The van der Waals surface area contributed by atoms with E-state index in [1.165, 1.54) is 6.92 Å². The van der Waals surface area contributed by atoms with Crippen LogP contribution in [0.4, 0.5) is 5.69 Å². The highest BCUT2D eigenvalue weighted by molar-refractivity contribution is 6.31. The van der Waals surface area contributed by atoms with Crippen molar-refractivity contribution in [2.75, 3.05) is 12.8 Å². The predicted molar refractivity (Wildman–Crippen MR) is 120 cm³/mol. The van der Waals surface area contributed by atoms with E-state index in [1.807, 2.05) is 24.3 Å². The number of Topliss-reactive ketones (excluding diaryl/α,β-unsaturated/α-hetero) is 1. The Bertz CT molecular complexity index is 1300. The van der Waals surface area contributed by atoms with Crippen molar-refractivity contribution in [1.82, 2.24) is 9.97 Å². The maximum Gasteiger partial charge on any atom is 0.225 e. The maximum atomic E-state index is 12.7. The summed E-state index contributed by atoms with van der Waals surface area (Å²) < 4.78 is 11.3. The second-order valence-electron chi connectivity index (χ2n) is 8.01. The number of halogens is 1. The lowest BCUT2D eigenvalue weighted by Gasteiger charge is -2.30. The highest BCUT2D eigenvalue weighted by Crippen LogP contribution is 2.49. The number of nitrogens with two attached hydrogens (primary N) is 1. The average Bonchev–Trinajstić information content (AvgIpc) is 3.20. The van der Waals surface area contributed by atoms with Gasteiger partial charge in [0.1, 0.15) is 16.7 Å². The number of aryl methyl sites for hydroxylation is 1. The molecule has 6 nitrogen and oxygen atoms in total. The molecular formula is C24H22ClN3O3. The van der Waals surface area contributed by atoms with E-state index in [9.17, 15) is 4.79 Å². The number of fused-ring (bicyclic) bond motifs is 3. The summed E-state index contributed by atoms with van der Waals surface area (Å²) >= 11 is 6.70. The highest BCUT2D eigenvalue weighted by atomic mass is 35.5. The van der Waals surface area contributed by atoms with Crippen LogP contribution < -0.4 is 15.2 Å². The van der Waals surface area contributed by atoms with Crippen LogP contribution in [0.15, 0.2) is 35.6 Å². The molecule has 2 N–H and O–H groups in total. The number of hydrogen-bond acceptors (Lipinski definition) is 6. The van der Waals surface area contributed by atoms with Gasteiger partial charge in [0.15, 0.2) is 5.78 Å². The zero-order chi connectivity index (χ0) is 21.9. The van der Waals surface area contributed by atoms with Gasteiger partial charge in [0, 0.05) is 34.0 Å². The number of rotatable bonds is 3. The number of nitrogens with zero attached hydrogens (tertiary/aromatic N) is 2. The summed E-state index contributed by atoms with van der Waals surface area (Å²) in [5.74, 6) is 1.08. The van der Waals surface area contributed by atoms with E-state index in [-0.39, 0.29) is 5.78 Å². The van der Waals surface area contributed by atoms with Crippen LogP contribution in [-0.2, 0) is 17.6 Å². The van der Waals surface area contributed by atoms with Crippen LogP contribution in [0.3, 0.4) is 0 Å². The number of methoxy groups -OCH3 is 1. The lowest BCUT2D eigenvalue weighted by Crippen LogP contribution is -2.23. The summed E-state index contributed by atoms with van der Waals surface area (Å²) in [7, 11) is 1.61. The number of anilines is 1. The molecule has 3 aromatic rings. The Kier molecular flexibility index (Phi) is 4.63. The standard InChI is InChI=1S/C24H22ClN3O3/c1-11(29)19-12(2)31-24-21(22(26)15-5-4-6-17(15)28-24)20(19)16-9-13-7-8-14(30-3)10-18(13)27-23(16)25/h7-10,20H,4-6H2,1-3H3,(H2,26,28). The number of benzene rings is 1. The second-order valence-corrected chi connectivity index (χ2v) is 8.37. The van der Waals surface area contributed by atoms with Gasteiger partial charge < -0.3 is 15.2 Å². The van der Waals surface area contributed by atoms with Crippen molar-refractivity contribution in [3.8, 4) is 11.6 Å². The van der Waals surface area contributed by atoms with Crippen LogP contribution in [0.1, 0.15) is 48.6 Å². The lowest BCUT2D eigenvalue weighted by molar-refractivity contribution is -0.114. The summed E-state index contributed by atoms with van der Waals surface area (Å²) in [6, 6.07) is 7.59. The van der Waals surface area contributed by atoms with Crippen LogP contribution >= 0.6 is 11.6 Å². The Morgan fingerprint density at radius 3 is 2.81 bits per heavy atom. The summed E-state index contributed by atoms with van der Waals surface area (Å²) in [5.41, 5.74) is 12.0. The Morgan fingerprint density at radius 2 is 2.06 bits per heavy atom. The first-order valence-corrected chi connectivity index (χ1v) is 10.6. The fourth-order valence-corrected chi connectivity index (χ4v) is 4.99. The number of hydrogen-bond donors (Lipinski definition) is 1. The fraction of sp³-hybridized carbons (Fsp3) is 0.292. The molecule has 2 aromatic heterocycles. The molecular weight excluding hydrogens is 414 g/mol. The van der Waals surface area contributed by atoms with Crippen molar-refractivity contribution in [2.45, 2.75) is 39.0 Å². The van der Waals surface area contributed by atoms with Crippen molar-refractivity contribution < 1.29 is 14.3 Å². The Balaban J connectivity index is 1.79. The Labute approximate surface area is 185 Å². The maximum absolute atomic E-state index is 12.7. The molecule has 1 atom stereocenters. The van der Waals surface area contributed by atoms with Gasteiger partial charge in [-0.05, 0) is 56.9 Å². The first-order chi connectivity index (χ1) is 14.9. The normalized spacial score (nSPS) is 17.4. The van der Waals surface area contributed by atoms with E-state index in [0.717, 1.165) is 35.9 Å². The summed E-state index contributed by atoms with van der Waals surface area (Å²) in [6.45, 7) is 3.31. The van der Waals surface area contributed by atoms with Crippen molar-refractivity contribution in [2.24, 2.45) is 0 Å². The SMILES string of the molecule is COc1ccc2cc(C3C(C(C)=O)=C(C)Oc4nc5c(c(N)c43)CCC5)c(Cl)nc2c1. The molecule has 31 heavy (non-hydrogen) atoms. The molecule has 2 aliphatic rings. The van der Waals surface area contributed by atoms with Gasteiger partial charge in [-0.2, -0.15) is 0 Å². The molecule has 3 heterocycles. The molecule has 0 radical (unpaired) electrons. The molecule has 1 aromatic carbocycles. The zero-order valence-corrected chi connectivity index (χ0v) is 18.3. The third kappa shape index (κ3) is 3.05. The van der Waals surface area contributed by atoms with E-state index in [2.05, 4.69) is 4.98 Å². The number of carbonyl (C=O) groups excluding carboxylic acids is 1. The highest BCUT2D eigenvalue weighted by Gasteiger charge is 2.38. The molecule has 0 bridgehead atoms. The van der Waals surface area contributed by atoms with E-state index in [0.29, 0.717) is 50.4 Å². The van der Waals surface area contributed by atoms with Gasteiger partial charge in [-0.3, -0.25) is 4.79 Å². The molecule has 1 aliphatic carbocycles. The first kappa shape index (κ1) is 19.8. The molecule has 0 spiro atoms. The Hall–Kier alpha value is -3.12. The van der Waals surface area contributed by atoms with Gasteiger partial charge in [-0.1, -0.05) is 11.6 Å². The molecule has 0 saturated heterocycles. The lowest BCUT2D eigenvalue weighted by atomic mass is 9.80. The molecule has 1 unspecified atom stereocenters. The third-order valence-electron chi connectivity index (χ3n) is 6.17.